The molecule has 0 spiro atoms. The lowest BCUT2D eigenvalue weighted by molar-refractivity contribution is -0.124. The maximum atomic E-state index is 13.0. The number of methoxy groups -OCH3 is 1. The zero-order chi connectivity index (χ0) is 23.6. The topological polar surface area (TPSA) is 107 Å². The van der Waals surface area contributed by atoms with Crippen LogP contribution in [-0.2, 0) is 26.9 Å². The zero-order valence-corrected chi connectivity index (χ0v) is 19.5. The number of hydrogen-bond acceptors (Lipinski definition) is 7. The fourth-order valence-electron chi connectivity index (χ4n) is 3.72. The van der Waals surface area contributed by atoms with Crippen molar-refractivity contribution in [3.63, 3.8) is 0 Å². The van der Waals surface area contributed by atoms with Gasteiger partial charge in [-0.2, -0.15) is 8.42 Å². The number of benzene rings is 2. The SMILES string of the molecule is COc1cccc(-c2ccnc(CC3(c4ccc(OS(C)(=O)=O)cc4)NC(=S)NC3=O)c2)c1. The van der Waals surface area contributed by atoms with Crippen molar-refractivity contribution in [1.29, 1.82) is 0 Å². The average Bonchev–Trinajstić information content (AvgIpc) is 3.07. The van der Waals surface area contributed by atoms with Gasteiger partial charge in [-0.25, -0.2) is 0 Å². The standard InChI is InChI=1S/C23H21N3O5S2/c1-30-20-5-3-4-15(13-20)16-10-11-24-18(12-16)14-23(21(27)25-22(32)26-23)17-6-8-19(9-7-17)31-33(2,28)29/h3-13H,14H2,1-2H3,(H2,25,26,27,32). The fraction of sp³-hybridized carbons (Fsp3) is 0.174. The maximum Gasteiger partial charge on any atom is 0.306 e. The van der Waals surface area contributed by atoms with E-state index in [2.05, 4.69) is 15.6 Å². The molecule has 2 N–H and O–H groups in total. The van der Waals surface area contributed by atoms with E-state index in [0.717, 1.165) is 23.1 Å². The van der Waals surface area contributed by atoms with Crippen LogP contribution >= 0.6 is 12.2 Å². The van der Waals surface area contributed by atoms with Crippen molar-refractivity contribution in [2.75, 3.05) is 13.4 Å². The second-order valence-corrected chi connectivity index (χ2v) is 9.55. The van der Waals surface area contributed by atoms with E-state index in [1.165, 1.54) is 12.1 Å². The second kappa shape index (κ2) is 8.80. The summed E-state index contributed by atoms with van der Waals surface area (Å²) in [6.45, 7) is 0. The Labute approximate surface area is 197 Å². The largest absolute Gasteiger partial charge is 0.497 e. The summed E-state index contributed by atoms with van der Waals surface area (Å²) in [5, 5.41) is 5.94. The molecule has 3 aromatic rings. The molecule has 4 rings (SSSR count). The van der Waals surface area contributed by atoms with Gasteiger partial charge in [0.1, 0.15) is 17.0 Å². The first-order valence-electron chi connectivity index (χ1n) is 9.91. The smallest absolute Gasteiger partial charge is 0.306 e. The average molecular weight is 484 g/mol. The molecule has 1 amide bonds. The van der Waals surface area contributed by atoms with E-state index >= 15 is 0 Å². The number of carbonyl (C=O) groups excluding carboxylic acids is 1. The quantitative estimate of drug-likeness (QED) is 0.390. The molecule has 1 saturated heterocycles. The third-order valence-electron chi connectivity index (χ3n) is 5.20. The predicted octanol–water partition coefficient (Wildman–Crippen LogP) is 2.54. The van der Waals surface area contributed by atoms with Gasteiger partial charge in [-0.1, -0.05) is 24.3 Å². The number of rotatable bonds is 7. The summed E-state index contributed by atoms with van der Waals surface area (Å²) < 4.78 is 33.0. The summed E-state index contributed by atoms with van der Waals surface area (Å²) in [4.78, 5) is 17.5. The van der Waals surface area contributed by atoms with Gasteiger partial charge in [0.15, 0.2) is 5.11 Å². The molecule has 170 valence electrons. The molecule has 1 aromatic heterocycles. The van der Waals surface area contributed by atoms with E-state index in [-0.39, 0.29) is 23.2 Å². The molecule has 1 aliphatic rings. The summed E-state index contributed by atoms with van der Waals surface area (Å²) in [5.74, 6) is 0.564. The van der Waals surface area contributed by atoms with E-state index < -0.39 is 15.7 Å². The normalized spacial score (nSPS) is 17.9. The van der Waals surface area contributed by atoms with Crippen molar-refractivity contribution in [3.05, 3.63) is 78.1 Å². The molecule has 1 unspecified atom stereocenters. The highest BCUT2D eigenvalue weighted by Crippen LogP contribution is 2.32. The van der Waals surface area contributed by atoms with Gasteiger partial charge in [0.05, 0.1) is 13.4 Å². The Bertz CT molecular complexity index is 1330. The highest BCUT2D eigenvalue weighted by molar-refractivity contribution is 7.86. The van der Waals surface area contributed by atoms with Gasteiger partial charge in [0.2, 0.25) is 0 Å². The number of carbonyl (C=O) groups is 1. The summed E-state index contributed by atoms with van der Waals surface area (Å²) in [7, 11) is -2.05. The Morgan fingerprint density at radius 1 is 1.03 bits per heavy atom. The van der Waals surface area contributed by atoms with E-state index in [9.17, 15) is 13.2 Å². The predicted molar refractivity (Wildman–Crippen MR) is 127 cm³/mol. The second-order valence-electron chi connectivity index (χ2n) is 7.57. The first-order valence-corrected chi connectivity index (χ1v) is 12.1. The number of pyridine rings is 1. The zero-order valence-electron chi connectivity index (χ0n) is 17.9. The van der Waals surface area contributed by atoms with Crippen LogP contribution in [0.15, 0.2) is 66.9 Å². The van der Waals surface area contributed by atoms with Gasteiger partial charge in [-0.05, 0) is 65.3 Å². The molecule has 2 aromatic carbocycles. The van der Waals surface area contributed by atoms with Gasteiger partial charge in [0, 0.05) is 18.3 Å². The number of thiocarbonyl (C=S) groups is 1. The Hall–Kier alpha value is -3.50. The van der Waals surface area contributed by atoms with Crippen LogP contribution in [0.3, 0.4) is 0 Å². The Balaban J connectivity index is 1.69. The Morgan fingerprint density at radius 3 is 2.39 bits per heavy atom. The number of nitrogens with one attached hydrogen (secondary N) is 2. The van der Waals surface area contributed by atoms with Gasteiger partial charge >= 0.3 is 10.1 Å². The van der Waals surface area contributed by atoms with Crippen LogP contribution in [0, 0.1) is 0 Å². The molecular formula is C23H21N3O5S2. The molecule has 2 heterocycles. The molecule has 1 fully saturated rings. The number of hydrogen-bond donors (Lipinski definition) is 2. The van der Waals surface area contributed by atoms with Crippen molar-refractivity contribution >= 4 is 33.4 Å². The van der Waals surface area contributed by atoms with Gasteiger partial charge in [0.25, 0.3) is 5.91 Å². The number of aromatic nitrogens is 1. The molecule has 1 atom stereocenters. The van der Waals surface area contributed by atoms with E-state index in [1.807, 2.05) is 36.4 Å². The lowest BCUT2D eigenvalue weighted by Gasteiger charge is -2.27. The molecule has 8 nitrogen and oxygen atoms in total. The van der Waals surface area contributed by atoms with Crippen molar-refractivity contribution in [1.82, 2.24) is 15.6 Å². The Kier molecular flexibility index (Phi) is 6.05. The third kappa shape index (κ3) is 4.96. The molecule has 0 aliphatic carbocycles. The third-order valence-corrected chi connectivity index (χ3v) is 5.90. The molecule has 0 saturated carbocycles. The molecule has 10 heteroatoms. The molecule has 1 aliphatic heterocycles. The Morgan fingerprint density at radius 2 is 1.76 bits per heavy atom. The highest BCUT2D eigenvalue weighted by Gasteiger charge is 2.46. The van der Waals surface area contributed by atoms with Crippen LogP contribution in [0.2, 0.25) is 0 Å². The minimum absolute atomic E-state index is 0.149. The minimum atomic E-state index is -3.66. The lowest BCUT2D eigenvalue weighted by atomic mass is 9.85. The van der Waals surface area contributed by atoms with Crippen LogP contribution in [-0.4, -0.2) is 37.8 Å². The first-order chi connectivity index (χ1) is 15.7. The van der Waals surface area contributed by atoms with Crippen LogP contribution in [0.5, 0.6) is 11.5 Å². The van der Waals surface area contributed by atoms with Crippen LogP contribution in [0.1, 0.15) is 11.3 Å². The van der Waals surface area contributed by atoms with Crippen molar-refractivity contribution in [2.24, 2.45) is 0 Å². The highest BCUT2D eigenvalue weighted by atomic mass is 32.2. The maximum absolute atomic E-state index is 13.0. The summed E-state index contributed by atoms with van der Waals surface area (Å²) in [6.07, 6.45) is 2.86. The monoisotopic (exact) mass is 483 g/mol. The van der Waals surface area contributed by atoms with Gasteiger partial charge in [-0.3, -0.25) is 9.78 Å². The van der Waals surface area contributed by atoms with Crippen molar-refractivity contribution in [3.8, 4) is 22.6 Å². The van der Waals surface area contributed by atoms with E-state index in [4.69, 9.17) is 21.1 Å². The fourth-order valence-corrected chi connectivity index (χ4v) is 4.45. The minimum Gasteiger partial charge on any atom is -0.497 e. The molecule has 0 radical (unpaired) electrons. The molecule has 33 heavy (non-hydrogen) atoms. The van der Waals surface area contributed by atoms with Crippen molar-refractivity contribution in [2.45, 2.75) is 12.0 Å². The lowest BCUT2D eigenvalue weighted by Crippen LogP contribution is -2.46. The number of ether oxygens (including phenoxy) is 1. The number of nitrogens with zero attached hydrogens (tertiary/aromatic N) is 1. The molecular weight excluding hydrogens is 462 g/mol. The summed E-state index contributed by atoms with van der Waals surface area (Å²) in [6, 6.07) is 17.7. The summed E-state index contributed by atoms with van der Waals surface area (Å²) >= 11 is 5.21. The van der Waals surface area contributed by atoms with Crippen molar-refractivity contribution < 1.29 is 22.1 Å². The number of amides is 1. The van der Waals surface area contributed by atoms with E-state index in [1.54, 1.807) is 25.4 Å². The first kappa shape index (κ1) is 22.7. The van der Waals surface area contributed by atoms with Crippen LogP contribution < -0.4 is 19.6 Å². The summed E-state index contributed by atoms with van der Waals surface area (Å²) in [5.41, 5.74) is 1.93. The molecule has 0 bridgehead atoms. The van der Waals surface area contributed by atoms with Crippen LogP contribution in [0.25, 0.3) is 11.1 Å². The van der Waals surface area contributed by atoms with Gasteiger partial charge < -0.3 is 19.6 Å². The van der Waals surface area contributed by atoms with Crippen LogP contribution in [0.4, 0.5) is 0 Å². The van der Waals surface area contributed by atoms with E-state index in [0.29, 0.717) is 11.3 Å². The van der Waals surface area contributed by atoms with Gasteiger partial charge in [-0.15, -0.1) is 0 Å².